The monoisotopic (exact) mass is 269 g/mol. The van der Waals surface area contributed by atoms with Crippen molar-refractivity contribution in [1.82, 2.24) is 19.7 Å². The zero-order chi connectivity index (χ0) is 14.1. The van der Waals surface area contributed by atoms with Crippen molar-refractivity contribution in [2.75, 3.05) is 5.73 Å². The van der Waals surface area contributed by atoms with Gasteiger partial charge in [-0.15, -0.1) is 0 Å². The minimum absolute atomic E-state index is 0.286. The van der Waals surface area contributed by atoms with Crippen LogP contribution in [0.1, 0.15) is 19.9 Å². The lowest BCUT2D eigenvalue weighted by atomic mass is 10.2. The van der Waals surface area contributed by atoms with Gasteiger partial charge in [0.25, 0.3) is 0 Å². The molecule has 1 aromatic carbocycles. The fourth-order valence-electron chi connectivity index (χ4n) is 1.90. The first kappa shape index (κ1) is 12.4. The van der Waals surface area contributed by atoms with Crippen LogP contribution in [0.5, 0.6) is 11.6 Å². The van der Waals surface area contributed by atoms with E-state index in [1.165, 1.54) is 6.33 Å². The zero-order valence-electron chi connectivity index (χ0n) is 11.3. The van der Waals surface area contributed by atoms with Crippen LogP contribution in [-0.2, 0) is 0 Å². The number of hydrogen-bond donors (Lipinski definition) is 1. The predicted molar refractivity (Wildman–Crippen MR) is 76.6 cm³/mol. The molecule has 2 N–H and O–H groups in total. The van der Waals surface area contributed by atoms with Gasteiger partial charge in [-0.1, -0.05) is 0 Å². The van der Waals surface area contributed by atoms with Gasteiger partial charge in [-0.2, -0.15) is 5.10 Å². The Hall–Kier alpha value is -2.63. The summed E-state index contributed by atoms with van der Waals surface area (Å²) in [6, 6.07) is 5.74. The summed E-state index contributed by atoms with van der Waals surface area (Å²) in [5, 5.41) is 5.05. The number of rotatable bonds is 3. The molecule has 2 heterocycles. The Morgan fingerprint density at radius 1 is 1.25 bits per heavy atom. The predicted octanol–water partition coefficient (Wildman–Crippen LogP) is 2.78. The van der Waals surface area contributed by atoms with Crippen LogP contribution in [0.2, 0.25) is 0 Å². The van der Waals surface area contributed by atoms with Crippen molar-refractivity contribution in [2.24, 2.45) is 0 Å². The highest BCUT2D eigenvalue weighted by molar-refractivity contribution is 5.85. The molecule has 2 aromatic heterocycles. The van der Waals surface area contributed by atoms with E-state index < -0.39 is 0 Å². The summed E-state index contributed by atoms with van der Waals surface area (Å²) in [4.78, 5) is 8.36. The van der Waals surface area contributed by atoms with Gasteiger partial charge in [-0.25, -0.2) is 9.97 Å². The van der Waals surface area contributed by atoms with Gasteiger partial charge in [0.1, 0.15) is 6.33 Å². The second kappa shape index (κ2) is 4.80. The van der Waals surface area contributed by atoms with Crippen molar-refractivity contribution in [3.05, 3.63) is 36.9 Å². The number of benzene rings is 1. The van der Waals surface area contributed by atoms with E-state index in [1.807, 2.05) is 16.9 Å². The maximum absolute atomic E-state index is 5.79. The number of nitrogens with two attached hydrogens (primary N) is 1. The van der Waals surface area contributed by atoms with Crippen LogP contribution in [0.4, 0.5) is 5.69 Å². The second-order valence-electron chi connectivity index (χ2n) is 4.81. The van der Waals surface area contributed by atoms with E-state index in [1.54, 1.807) is 18.3 Å². The Morgan fingerprint density at radius 2 is 2.10 bits per heavy atom. The zero-order valence-corrected chi connectivity index (χ0v) is 11.3. The molecule has 0 aliphatic carbocycles. The molecule has 0 unspecified atom stereocenters. The molecule has 0 spiro atoms. The molecule has 6 nitrogen and oxygen atoms in total. The highest BCUT2D eigenvalue weighted by atomic mass is 16.5. The molecule has 0 aliphatic heterocycles. The number of nitrogens with zero attached hydrogens (tertiary/aromatic N) is 4. The quantitative estimate of drug-likeness (QED) is 0.739. The van der Waals surface area contributed by atoms with Gasteiger partial charge >= 0.3 is 0 Å². The number of aromatic nitrogens is 4. The van der Waals surface area contributed by atoms with E-state index in [9.17, 15) is 0 Å². The van der Waals surface area contributed by atoms with E-state index >= 15 is 0 Å². The maximum atomic E-state index is 5.79. The van der Waals surface area contributed by atoms with Gasteiger partial charge in [-0.05, 0) is 32.0 Å². The van der Waals surface area contributed by atoms with Crippen molar-refractivity contribution in [1.29, 1.82) is 0 Å². The summed E-state index contributed by atoms with van der Waals surface area (Å²) in [5.74, 6) is 1.15. The fraction of sp³-hybridized carbons (Fsp3) is 0.214. The van der Waals surface area contributed by atoms with Crippen molar-refractivity contribution in [3.8, 4) is 11.6 Å². The van der Waals surface area contributed by atoms with E-state index in [2.05, 4.69) is 28.9 Å². The van der Waals surface area contributed by atoms with E-state index in [0.717, 1.165) is 10.9 Å². The Morgan fingerprint density at radius 3 is 2.85 bits per heavy atom. The van der Waals surface area contributed by atoms with Crippen LogP contribution in [0, 0.1) is 0 Å². The smallest absolute Gasteiger partial charge is 0.230 e. The molecular formula is C14H15N5O. The van der Waals surface area contributed by atoms with Gasteiger partial charge in [0, 0.05) is 11.7 Å². The lowest BCUT2D eigenvalue weighted by molar-refractivity contribution is 0.464. The maximum Gasteiger partial charge on any atom is 0.230 e. The minimum Gasteiger partial charge on any atom is -0.435 e. The first-order chi connectivity index (χ1) is 9.63. The van der Waals surface area contributed by atoms with Crippen molar-refractivity contribution in [2.45, 2.75) is 19.9 Å². The van der Waals surface area contributed by atoms with Crippen LogP contribution < -0.4 is 10.5 Å². The summed E-state index contributed by atoms with van der Waals surface area (Å²) >= 11 is 0. The number of fused-ring (bicyclic) bond motifs is 1. The largest absolute Gasteiger partial charge is 0.435 e. The summed E-state index contributed by atoms with van der Waals surface area (Å²) < 4.78 is 7.62. The molecule has 0 fully saturated rings. The molecule has 3 rings (SSSR count). The molecule has 0 aliphatic rings. The average Bonchev–Trinajstić information content (AvgIpc) is 2.87. The Kier molecular flexibility index (Phi) is 2.98. The molecule has 0 bridgehead atoms. The van der Waals surface area contributed by atoms with Crippen LogP contribution in [0.15, 0.2) is 36.9 Å². The Labute approximate surface area is 116 Å². The molecule has 20 heavy (non-hydrogen) atoms. The molecule has 0 atom stereocenters. The highest BCUT2D eigenvalue weighted by Gasteiger charge is 2.08. The number of anilines is 1. The molecule has 102 valence electrons. The molecule has 0 amide bonds. The third kappa shape index (κ3) is 2.27. The van der Waals surface area contributed by atoms with E-state index in [0.29, 0.717) is 17.3 Å². The van der Waals surface area contributed by atoms with Gasteiger partial charge in [0.05, 0.1) is 23.3 Å². The molecular weight excluding hydrogens is 254 g/mol. The molecule has 0 radical (unpaired) electrons. The molecule has 3 aromatic rings. The number of hydrogen-bond acceptors (Lipinski definition) is 5. The summed E-state index contributed by atoms with van der Waals surface area (Å²) in [6.07, 6.45) is 4.98. The molecule has 0 saturated carbocycles. The summed E-state index contributed by atoms with van der Waals surface area (Å²) in [6.45, 7) is 4.11. The SMILES string of the molecule is CC(C)n1cc(Oc2ncnc3cc(N)ccc23)cn1. The van der Waals surface area contributed by atoms with E-state index in [4.69, 9.17) is 10.5 Å². The normalized spacial score (nSPS) is 11.2. The second-order valence-corrected chi connectivity index (χ2v) is 4.81. The van der Waals surface area contributed by atoms with Crippen molar-refractivity contribution >= 4 is 16.6 Å². The summed E-state index contributed by atoms with van der Waals surface area (Å²) in [7, 11) is 0. The lowest BCUT2D eigenvalue weighted by Crippen LogP contribution is -1.99. The van der Waals surface area contributed by atoms with Crippen LogP contribution in [-0.4, -0.2) is 19.7 Å². The Balaban J connectivity index is 1.97. The third-order valence-corrected chi connectivity index (χ3v) is 2.95. The van der Waals surface area contributed by atoms with Crippen LogP contribution in [0.3, 0.4) is 0 Å². The van der Waals surface area contributed by atoms with Crippen molar-refractivity contribution in [3.63, 3.8) is 0 Å². The number of nitrogen functional groups attached to an aromatic ring is 1. The minimum atomic E-state index is 0.286. The number of ether oxygens (including phenoxy) is 1. The third-order valence-electron chi connectivity index (χ3n) is 2.95. The first-order valence-corrected chi connectivity index (χ1v) is 6.36. The lowest BCUT2D eigenvalue weighted by Gasteiger charge is -2.06. The molecule has 6 heteroatoms. The van der Waals surface area contributed by atoms with Gasteiger partial charge in [0.2, 0.25) is 5.88 Å². The van der Waals surface area contributed by atoms with Crippen LogP contribution in [0.25, 0.3) is 10.9 Å². The fourth-order valence-corrected chi connectivity index (χ4v) is 1.90. The van der Waals surface area contributed by atoms with Gasteiger partial charge in [-0.3, -0.25) is 4.68 Å². The van der Waals surface area contributed by atoms with Gasteiger partial charge in [0.15, 0.2) is 5.75 Å². The van der Waals surface area contributed by atoms with E-state index in [-0.39, 0.29) is 6.04 Å². The topological polar surface area (TPSA) is 78.8 Å². The average molecular weight is 269 g/mol. The molecule has 0 saturated heterocycles. The van der Waals surface area contributed by atoms with Crippen molar-refractivity contribution < 1.29 is 4.74 Å². The van der Waals surface area contributed by atoms with Crippen LogP contribution >= 0.6 is 0 Å². The summed E-state index contributed by atoms with van der Waals surface area (Å²) in [5.41, 5.74) is 7.17. The Bertz CT molecular complexity index is 750. The van der Waals surface area contributed by atoms with Gasteiger partial charge < -0.3 is 10.5 Å². The first-order valence-electron chi connectivity index (χ1n) is 6.36. The standard InChI is InChI=1S/C14H15N5O/c1-9(2)19-7-11(6-18-19)20-14-12-4-3-10(15)5-13(12)16-8-17-14/h3-9H,15H2,1-2H3. The highest BCUT2D eigenvalue weighted by Crippen LogP contribution is 2.27.